The molecule has 0 aliphatic rings. The van der Waals surface area contributed by atoms with Gasteiger partial charge in [0.25, 0.3) is 5.56 Å². The molecule has 2 aromatic heterocycles. The molecule has 154 valence electrons. The molecule has 0 saturated carbocycles. The number of hydrogen-bond acceptors (Lipinski definition) is 6. The SMILES string of the molecule is CCCn1c(N)c(-c2csc(Nc3cccc(C(F)(F)F)c3)n2)c(=O)n(C)c1=O. The van der Waals surface area contributed by atoms with Crippen molar-refractivity contribution in [1.82, 2.24) is 14.1 Å². The number of aromatic nitrogens is 3. The van der Waals surface area contributed by atoms with Crippen molar-refractivity contribution in [2.75, 3.05) is 11.1 Å². The average molecular weight is 425 g/mol. The monoisotopic (exact) mass is 425 g/mol. The van der Waals surface area contributed by atoms with E-state index in [4.69, 9.17) is 5.73 Å². The summed E-state index contributed by atoms with van der Waals surface area (Å²) in [6.45, 7) is 2.21. The second kappa shape index (κ2) is 7.74. The molecular weight excluding hydrogens is 407 g/mol. The molecule has 0 spiro atoms. The fourth-order valence-electron chi connectivity index (χ4n) is 2.81. The van der Waals surface area contributed by atoms with Crippen LogP contribution >= 0.6 is 11.3 Å². The lowest BCUT2D eigenvalue weighted by molar-refractivity contribution is -0.137. The van der Waals surface area contributed by atoms with Gasteiger partial charge in [0, 0.05) is 24.7 Å². The molecule has 0 saturated heterocycles. The lowest BCUT2D eigenvalue weighted by Gasteiger charge is -2.13. The van der Waals surface area contributed by atoms with Crippen molar-refractivity contribution in [2.24, 2.45) is 7.05 Å². The van der Waals surface area contributed by atoms with Gasteiger partial charge in [-0.15, -0.1) is 11.3 Å². The summed E-state index contributed by atoms with van der Waals surface area (Å²) >= 11 is 1.10. The van der Waals surface area contributed by atoms with Gasteiger partial charge in [-0.05, 0) is 24.6 Å². The molecule has 0 atom stereocenters. The highest BCUT2D eigenvalue weighted by molar-refractivity contribution is 7.14. The van der Waals surface area contributed by atoms with Gasteiger partial charge in [0.2, 0.25) is 0 Å². The summed E-state index contributed by atoms with van der Waals surface area (Å²) < 4.78 is 40.9. The third kappa shape index (κ3) is 4.04. The van der Waals surface area contributed by atoms with Gasteiger partial charge >= 0.3 is 11.9 Å². The van der Waals surface area contributed by atoms with Gasteiger partial charge in [-0.25, -0.2) is 9.78 Å². The third-order valence-electron chi connectivity index (χ3n) is 4.23. The summed E-state index contributed by atoms with van der Waals surface area (Å²) in [6, 6.07) is 4.70. The van der Waals surface area contributed by atoms with Crippen molar-refractivity contribution in [3.05, 3.63) is 56.0 Å². The van der Waals surface area contributed by atoms with E-state index in [1.807, 2.05) is 6.92 Å². The first-order chi connectivity index (χ1) is 13.6. The largest absolute Gasteiger partial charge is 0.416 e. The Morgan fingerprint density at radius 2 is 2.00 bits per heavy atom. The van der Waals surface area contributed by atoms with Crippen LogP contribution < -0.4 is 22.3 Å². The van der Waals surface area contributed by atoms with Crippen LogP contribution in [-0.4, -0.2) is 14.1 Å². The number of halogens is 3. The van der Waals surface area contributed by atoms with E-state index in [0.717, 1.165) is 28.0 Å². The van der Waals surface area contributed by atoms with Crippen molar-refractivity contribution in [3.8, 4) is 11.3 Å². The zero-order valence-corrected chi connectivity index (χ0v) is 16.4. The van der Waals surface area contributed by atoms with Crippen LogP contribution in [0.5, 0.6) is 0 Å². The van der Waals surface area contributed by atoms with Crippen LogP contribution in [0.2, 0.25) is 0 Å². The molecule has 2 heterocycles. The first-order valence-corrected chi connectivity index (χ1v) is 9.51. The van der Waals surface area contributed by atoms with Crippen LogP contribution in [0.3, 0.4) is 0 Å². The maximum atomic E-state index is 12.9. The topological polar surface area (TPSA) is 94.9 Å². The van der Waals surface area contributed by atoms with Gasteiger partial charge in [0.05, 0.1) is 11.3 Å². The Morgan fingerprint density at radius 1 is 1.28 bits per heavy atom. The quantitative estimate of drug-likeness (QED) is 0.653. The number of rotatable bonds is 5. The minimum absolute atomic E-state index is 0.0101. The summed E-state index contributed by atoms with van der Waals surface area (Å²) in [5.74, 6) is 0.0101. The number of thiazole rings is 1. The van der Waals surface area contributed by atoms with E-state index >= 15 is 0 Å². The van der Waals surface area contributed by atoms with Gasteiger partial charge in [0.1, 0.15) is 11.4 Å². The van der Waals surface area contributed by atoms with Crippen LogP contribution in [0.1, 0.15) is 18.9 Å². The molecule has 0 amide bonds. The molecule has 3 N–H and O–H groups in total. The van der Waals surface area contributed by atoms with E-state index in [1.54, 1.807) is 5.38 Å². The zero-order valence-electron chi connectivity index (χ0n) is 15.6. The van der Waals surface area contributed by atoms with Crippen molar-refractivity contribution in [3.63, 3.8) is 0 Å². The normalized spacial score (nSPS) is 11.6. The summed E-state index contributed by atoms with van der Waals surface area (Å²) in [7, 11) is 1.36. The van der Waals surface area contributed by atoms with E-state index in [2.05, 4.69) is 10.3 Å². The summed E-state index contributed by atoms with van der Waals surface area (Å²) in [4.78, 5) is 29.1. The van der Waals surface area contributed by atoms with Crippen LogP contribution in [0.4, 0.5) is 29.8 Å². The van der Waals surface area contributed by atoms with Crippen molar-refractivity contribution >= 4 is 28.0 Å². The van der Waals surface area contributed by atoms with Gasteiger partial charge in [0.15, 0.2) is 5.13 Å². The molecule has 0 aliphatic carbocycles. The zero-order chi connectivity index (χ0) is 21.3. The molecule has 3 aromatic rings. The number of nitrogens with zero attached hydrogens (tertiary/aromatic N) is 3. The van der Waals surface area contributed by atoms with Gasteiger partial charge in [-0.3, -0.25) is 13.9 Å². The molecule has 0 fully saturated rings. The molecule has 0 unspecified atom stereocenters. The first-order valence-electron chi connectivity index (χ1n) is 8.63. The Morgan fingerprint density at radius 3 is 2.66 bits per heavy atom. The number of nitrogens with two attached hydrogens (primary N) is 1. The Hall–Kier alpha value is -3.08. The molecule has 3 rings (SSSR count). The maximum absolute atomic E-state index is 12.9. The number of nitrogen functional groups attached to an aromatic ring is 1. The van der Waals surface area contributed by atoms with Crippen LogP contribution in [0.25, 0.3) is 11.3 Å². The van der Waals surface area contributed by atoms with E-state index in [0.29, 0.717) is 13.0 Å². The lowest BCUT2D eigenvalue weighted by Crippen LogP contribution is -2.40. The van der Waals surface area contributed by atoms with E-state index in [9.17, 15) is 22.8 Å². The standard InChI is InChI=1S/C18H18F3N5O2S/c1-3-7-26-14(22)13(15(27)25(2)17(26)28)12-9-29-16(24-12)23-11-6-4-5-10(8-11)18(19,20)21/h4-6,8-9H,3,7,22H2,1-2H3,(H,23,24). The predicted molar refractivity (Wildman–Crippen MR) is 106 cm³/mol. The Balaban J connectivity index is 1.99. The van der Waals surface area contributed by atoms with Gasteiger partial charge < -0.3 is 11.1 Å². The molecule has 7 nitrogen and oxygen atoms in total. The highest BCUT2D eigenvalue weighted by atomic mass is 32.1. The van der Waals surface area contributed by atoms with E-state index in [1.165, 1.54) is 23.7 Å². The molecule has 0 aliphatic heterocycles. The molecule has 0 bridgehead atoms. The molecule has 0 radical (unpaired) electrons. The average Bonchev–Trinajstić information content (AvgIpc) is 3.11. The fraction of sp³-hybridized carbons (Fsp3) is 0.278. The van der Waals surface area contributed by atoms with Crippen LogP contribution in [0, 0.1) is 0 Å². The second-order valence-electron chi connectivity index (χ2n) is 6.30. The lowest BCUT2D eigenvalue weighted by atomic mass is 10.2. The number of nitrogens with one attached hydrogen (secondary N) is 1. The van der Waals surface area contributed by atoms with Crippen molar-refractivity contribution in [1.29, 1.82) is 0 Å². The van der Waals surface area contributed by atoms with Gasteiger partial charge in [-0.2, -0.15) is 13.2 Å². The van der Waals surface area contributed by atoms with Crippen molar-refractivity contribution in [2.45, 2.75) is 26.1 Å². The van der Waals surface area contributed by atoms with E-state index in [-0.39, 0.29) is 27.9 Å². The predicted octanol–water partition coefficient (Wildman–Crippen LogP) is 3.43. The maximum Gasteiger partial charge on any atom is 0.416 e. The molecular formula is C18H18F3N5O2S. The number of hydrogen-bond donors (Lipinski definition) is 2. The van der Waals surface area contributed by atoms with Gasteiger partial charge in [-0.1, -0.05) is 13.0 Å². The Labute approximate surface area is 167 Å². The Kier molecular flexibility index (Phi) is 5.51. The number of benzene rings is 1. The Bertz CT molecular complexity index is 1160. The minimum atomic E-state index is -4.46. The highest BCUT2D eigenvalue weighted by Gasteiger charge is 2.30. The number of anilines is 3. The molecule has 29 heavy (non-hydrogen) atoms. The minimum Gasteiger partial charge on any atom is -0.384 e. The highest BCUT2D eigenvalue weighted by Crippen LogP contribution is 2.32. The summed E-state index contributed by atoms with van der Waals surface area (Å²) in [5, 5.41) is 4.65. The van der Waals surface area contributed by atoms with Crippen molar-refractivity contribution < 1.29 is 13.2 Å². The summed E-state index contributed by atoms with van der Waals surface area (Å²) in [6.07, 6.45) is -3.82. The molecule has 11 heteroatoms. The van der Waals surface area contributed by atoms with Crippen LogP contribution in [-0.2, 0) is 19.8 Å². The molecule has 1 aromatic carbocycles. The fourth-order valence-corrected chi connectivity index (χ4v) is 3.53. The third-order valence-corrected chi connectivity index (χ3v) is 4.99. The second-order valence-corrected chi connectivity index (χ2v) is 7.16. The van der Waals surface area contributed by atoms with Crippen LogP contribution in [0.15, 0.2) is 39.2 Å². The number of alkyl halides is 3. The van der Waals surface area contributed by atoms with E-state index < -0.39 is 23.0 Å². The first kappa shape index (κ1) is 20.6. The smallest absolute Gasteiger partial charge is 0.384 e. The summed E-state index contributed by atoms with van der Waals surface area (Å²) in [5.41, 5.74) is 4.70.